The summed E-state index contributed by atoms with van der Waals surface area (Å²) >= 11 is 6.31. The Labute approximate surface area is 220 Å². The van der Waals surface area contributed by atoms with Gasteiger partial charge in [0.05, 0.1) is 5.02 Å². The van der Waals surface area contributed by atoms with Crippen LogP contribution in [0, 0.1) is 19.7 Å². The maximum Gasteiger partial charge on any atom is 0.251 e. The van der Waals surface area contributed by atoms with Gasteiger partial charge < -0.3 is 16.2 Å². The number of aliphatic hydroxyl groups is 1. The molecule has 0 saturated carbocycles. The van der Waals surface area contributed by atoms with Crippen LogP contribution in [0.1, 0.15) is 68.4 Å². The molecule has 1 aromatic heterocycles. The van der Waals surface area contributed by atoms with Gasteiger partial charge in [0, 0.05) is 29.3 Å². The van der Waals surface area contributed by atoms with Gasteiger partial charge in [0.2, 0.25) is 0 Å². The molecule has 37 heavy (non-hydrogen) atoms. The zero-order chi connectivity index (χ0) is 26.4. The number of aryl methyl sites for hydroxylation is 2. The van der Waals surface area contributed by atoms with Crippen LogP contribution in [-0.2, 0) is 6.54 Å². The average molecular weight is 516 g/mol. The molecule has 4 aromatic rings. The molecule has 7 heteroatoms. The van der Waals surface area contributed by atoms with Gasteiger partial charge >= 0.3 is 0 Å². The van der Waals surface area contributed by atoms with Gasteiger partial charge in [0.1, 0.15) is 17.7 Å². The number of nitrogens with two attached hydrogens (primary N) is 1. The van der Waals surface area contributed by atoms with E-state index in [4.69, 9.17) is 17.3 Å². The second-order valence-electron chi connectivity index (χ2n) is 9.55. The molecule has 0 unspecified atom stereocenters. The van der Waals surface area contributed by atoms with Crippen molar-refractivity contribution in [3.63, 3.8) is 0 Å². The maximum absolute atomic E-state index is 13.6. The van der Waals surface area contributed by atoms with Crippen molar-refractivity contribution in [2.45, 2.75) is 39.3 Å². The first-order valence-corrected chi connectivity index (χ1v) is 12.4. The first-order valence-electron chi connectivity index (χ1n) is 12.1. The van der Waals surface area contributed by atoms with Gasteiger partial charge in [0.25, 0.3) is 5.91 Å². The van der Waals surface area contributed by atoms with Gasteiger partial charge in [-0.15, -0.1) is 0 Å². The Kier molecular flexibility index (Phi) is 6.48. The van der Waals surface area contributed by atoms with E-state index in [2.05, 4.69) is 10.3 Å². The van der Waals surface area contributed by atoms with Crippen molar-refractivity contribution < 1.29 is 14.3 Å². The summed E-state index contributed by atoms with van der Waals surface area (Å²) in [7, 11) is 0. The number of fused-ring (bicyclic) bond motifs is 2. The molecule has 1 amide bonds. The zero-order valence-corrected chi connectivity index (χ0v) is 21.5. The highest BCUT2D eigenvalue weighted by Gasteiger charge is 2.30. The van der Waals surface area contributed by atoms with Gasteiger partial charge in [-0.05, 0) is 89.2 Å². The molecule has 5 rings (SSSR count). The number of carbonyl (C=O) groups excluding carboxylic acids is 1. The summed E-state index contributed by atoms with van der Waals surface area (Å²) in [6.07, 6.45) is -0.817. The van der Waals surface area contributed by atoms with Gasteiger partial charge in [-0.2, -0.15) is 0 Å². The summed E-state index contributed by atoms with van der Waals surface area (Å²) in [5.74, 6) is -0.227. The standard InChI is InChI=1S/C30H27ClFN3O2/c1-15-10-28(33)35-17(3)26(15)14-34-30(37)19-5-8-23-25(12-19)16(2)24-11-18(4-7-22(24)29(23)36)21-9-6-20(32)13-27(21)31/h4-13,16,29,36H,14H2,1-3H3,(H2,33,35)(H,34,37)/t16-,29+/m1/s1. The summed E-state index contributed by atoms with van der Waals surface area (Å²) in [5.41, 5.74) is 14.0. The highest BCUT2D eigenvalue weighted by Crippen LogP contribution is 2.44. The third-order valence-electron chi connectivity index (χ3n) is 7.20. The van der Waals surface area contributed by atoms with Crippen molar-refractivity contribution >= 4 is 23.3 Å². The van der Waals surface area contributed by atoms with Crippen molar-refractivity contribution in [2.24, 2.45) is 0 Å². The Morgan fingerprint density at radius 3 is 2.43 bits per heavy atom. The first-order chi connectivity index (χ1) is 17.6. The molecule has 1 aliphatic carbocycles. The Balaban J connectivity index is 1.44. The Morgan fingerprint density at radius 2 is 1.73 bits per heavy atom. The van der Waals surface area contributed by atoms with Crippen LogP contribution < -0.4 is 11.1 Å². The fraction of sp³-hybridized carbons (Fsp3) is 0.200. The molecule has 3 aromatic carbocycles. The lowest BCUT2D eigenvalue weighted by Crippen LogP contribution is -2.25. The van der Waals surface area contributed by atoms with E-state index in [1.54, 1.807) is 18.2 Å². The number of halogens is 2. The molecule has 0 fully saturated rings. The van der Waals surface area contributed by atoms with Crippen molar-refractivity contribution in [3.8, 4) is 11.1 Å². The van der Waals surface area contributed by atoms with Crippen LogP contribution in [0.5, 0.6) is 0 Å². The lowest BCUT2D eigenvalue weighted by atomic mass is 9.76. The molecule has 5 nitrogen and oxygen atoms in total. The van der Waals surface area contributed by atoms with Crippen LogP contribution in [0.3, 0.4) is 0 Å². The quantitative estimate of drug-likeness (QED) is 0.301. The van der Waals surface area contributed by atoms with Crippen LogP contribution >= 0.6 is 11.6 Å². The minimum Gasteiger partial charge on any atom is -0.384 e. The molecule has 0 spiro atoms. The van der Waals surface area contributed by atoms with Crippen molar-refractivity contribution in [1.29, 1.82) is 0 Å². The van der Waals surface area contributed by atoms with Crippen LogP contribution in [0.2, 0.25) is 5.02 Å². The van der Waals surface area contributed by atoms with E-state index in [-0.39, 0.29) is 11.8 Å². The van der Waals surface area contributed by atoms with Crippen LogP contribution in [0.25, 0.3) is 11.1 Å². The summed E-state index contributed by atoms with van der Waals surface area (Å²) in [5, 5.41) is 14.5. The molecular weight excluding hydrogens is 489 g/mol. The van der Waals surface area contributed by atoms with E-state index < -0.39 is 11.9 Å². The fourth-order valence-corrected chi connectivity index (χ4v) is 5.47. The summed E-state index contributed by atoms with van der Waals surface area (Å²) in [6.45, 7) is 6.20. The van der Waals surface area contributed by atoms with E-state index in [9.17, 15) is 14.3 Å². The number of anilines is 1. The number of nitrogens with zero attached hydrogens (tertiary/aromatic N) is 1. The minimum atomic E-state index is -0.817. The Morgan fingerprint density at radius 1 is 1.03 bits per heavy atom. The molecule has 0 saturated heterocycles. The molecule has 1 heterocycles. The summed E-state index contributed by atoms with van der Waals surface area (Å²) < 4.78 is 13.6. The number of amides is 1. The van der Waals surface area contributed by atoms with Gasteiger partial charge in [-0.25, -0.2) is 9.37 Å². The second-order valence-corrected chi connectivity index (χ2v) is 9.95. The number of rotatable bonds is 4. The molecule has 0 radical (unpaired) electrons. The fourth-order valence-electron chi connectivity index (χ4n) is 5.19. The van der Waals surface area contributed by atoms with E-state index in [0.717, 1.165) is 44.6 Å². The molecule has 0 aliphatic heterocycles. The number of nitrogens with one attached hydrogen (secondary N) is 1. The SMILES string of the molecule is Cc1cc(N)nc(C)c1CNC(=O)c1ccc2c(c1)[C@H](C)c1cc(-c3ccc(F)cc3Cl)ccc1[C@@H]2O. The van der Waals surface area contributed by atoms with Gasteiger partial charge in [0.15, 0.2) is 0 Å². The number of carbonyl (C=O) groups is 1. The van der Waals surface area contributed by atoms with E-state index in [1.165, 1.54) is 12.1 Å². The van der Waals surface area contributed by atoms with Gasteiger partial charge in [-0.1, -0.05) is 42.8 Å². The number of aliphatic hydroxyl groups excluding tert-OH is 1. The molecule has 0 bridgehead atoms. The Hall–Kier alpha value is -3.74. The van der Waals surface area contributed by atoms with Crippen LogP contribution in [0.15, 0.2) is 60.7 Å². The third kappa shape index (κ3) is 4.59. The number of nitrogen functional groups attached to an aromatic ring is 1. The van der Waals surface area contributed by atoms with E-state index in [1.807, 2.05) is 51.1 Å². The zero-order valence-electron chi connectivity index (χ0n) is 20.8. The highest BCUT2D eigenvalue weighted by atomic mass is 35.5. The largest absolute Gasteiger partial charge is 0.384 e. The maximum atomic E-state index is 13.6. The minimum absolute atomic E-state index is 0.0777. The van der Waals surface area contributed by atoms with Crippen LogP contribution in [0.4, 0.5) is 10.2 Å². The predicted molar refractivity (Wildman–Crippen MR) is 144 cm³/mol. The lowest BCUT2D eigenvalue weighted by Gasteiger charge is -2.31. The lowest BCUT2D eigenvalue weighted by molar-refractivity contribution is 0.0950. The van der Waals surface area contributed by atoms with Crippen molar-refractivity contribution in [1.82, 2.24) is 10.3 Å². The van der Waals surface area contributed by atoms with Gasteiger partial charge in [-0.3, -0.25) is 4.79 Å². The second kappa shape index (κ2) is 9.61. The van der Waals surface area contributed by atoms with E-state index >= 15 is 0 Å². The smallest absolute Gasteiger partial charge is 0.251 e. The van der Waals surface area contributed by atoms with Crippen LogP contribution in [-0.4, -0.2) is 16.0 Å². The molecule has 4 N–H and O–H groups in total. The Bertz CT molecular complexity index is 1530. The molecule has 188 valence electrons. The predicted octanol–water partition coefficient (Wildman–Crippen LogP) is 6.22. The molecule has 1 aliphatic rings. The first kappa shape index (κ1) is 24.9. The number of pyridine rings is 1. The molecule has 2 atom stereocenters. The summed E-state index contributed by atoms with van der Waals surface area (Å²) in [4.78, 5) is 17.4. The average Bonchev–Trinajstić information content (AvgIpc) is 2.86. The number of aromatic nitrogens is 1. The number of benzene rings is 3. The summed E-state index contributed by atoms with van der Waals surface area (Å²) in [6, 6.07) is 17.3. The topological polar surface area (TPSA) is 88.2 Å². The monoisotopic (exact) mass is 515 g/mol. The molecular formula is C30H27ClFN3O2. The van der Waals surface area contributed by atoms with E-state index in [0.29, 0.717) is 28.5 Å². The third-order valence-corrected chi connectivity index (χ3v) is 7.51. The number of hydrogen-bond donors (Lipinski definition) is 3. The van der Waals surface area contributed by atoms with Crippen molar-refractivity contribution in [3.05, 3.63) is 116 Å². The number of hydrogen-bond acceptors (Lipinski definition) is 4. The highest BCUT2D eigenvalue weighted by molar-refractivity contribution is 6.33. The van der Waals surface area contributed by atoms with Crippen molar-refractivity contribution in [2.75, 3.05) is 5.73 Å². The normalized spacial score (nSPS) is 16.2.